The van der Waals surface area contributed by atoms with E-state index < -0.39 is 10.1 Å². The van der Waals surface area contributed by atoms with Gasteiger partial charge >= 0.3 is 0 Å². The Balaban J connectivity index is 0.00000139. The number of quaternary nitrogens is 1. The van der Waals surface area contributed by atoms with Crippen molar-refractivity contribution in [3.05, 3.63) is 35.9 Å². The molecule has 0 aromatic heterocycles. The Kier molecular flexibility index (Phi) is 16.3. The quantitative estimate of drug-likeness (QED) is 0.208. The van der Waals surface area contributed by atoms with E-state index in [0.717, 1.165) is 0 Å². The van der Waals surface area contributed by atoms with E-state index in [1.807, 2.05) is 0 Å². The van der Waals surface area contributed by atoms with Crippen molar-refractivity contribution in [1.82, 2.24) is 0 Å². The second-order valence-electron chi connectivity index (χ2n) is 8.33. The van der Waals surface area contributed by atoms with Gasteiger partial charge in [0.05, 0.1) is 32.4 Å². The molecule has 1 rings (SSSR count). The number of hydrogen-bond donors (Lipinski definition) is 1. The molecule has 0 radical (unpaired) electrons. The molecule has 0 saturated carbocycles. The minimum atomic E-state index is -3.67. The first-order chi connectivity index (χ1) is 13.8. The van der Waals surface area contributed by atoms with Gasteiger partial charge in [-0.1, -0.05) is 63.9 Å². The van der Waals surface area contributed by atoms with Crippen LogP contribution < -0.4 is 0 Å². The highest BCUT2D eigenvalue weighted by Gasteiger charge is 2.24. The molecule has 1 aromatic carbocycles. The molecular formula is C24H46NO3S+. The zero-order chi connectivity index (χ0) is 22.0. The molecule has 4 nitrogen and oxygen atoms in total. The SMILES string of the molecule is CCCCC[N+](CCC)(CCCCC)CCCCc1ccccc1.CS(=O)(=O)O. The molecule has 0 aliphatic carbocycles. The largest absolute Gasteiger partial charge is 0.324 e. The highest BCUT2D eigenvalue weighted by molar-refractivity contribution is 7.85. The Hall–Kier alpha value is -0.910. The highest BCUT2D eigenvalue weighted by Crippen LogP contribution is 2.17. The summed E-state index contributed by atoms with van der Waals surface area (Å²) in [5, 5.41) is 0. The van der Waals surface area contributed by atoms with Crippen molar-refractivity contribution in [2.24, 2.45) is 0 Å². The van der Waals surface area contributed by atoms with Gasteiger partial charge in [-0.25, -0.2) is 0 Å². The third-order valence-corrected chi connectivity index (χ3v) is 5.36. The summed E-state index contributed by atoms with van der Waals surface area (Å²) in [7, 11) is -3.67. The van der Waals surface area contributed by atoms with Gasteiger partial charge in [-0.2, -0.15) is 8.42 Å². The zero-order valence-corrected chi connectivity index (χ0v) is 20.2. The monoisotopic (exact) mass is 428 g/mol. The van der Waals surface area contributed by atoms with Gasteiger partial charge in [-0.3, -0.25) is 4.55 Å². The molecule has 0 fully saturated rings. The van der Waals surface area contributed by atoms with Gasteiger partial charge < -0.3 is 4.48 Å². The maximum absolute atomic E-state index is 9.19. The number of benzene rings is 1. The average Bonchev–Trinajstić information content (AvgIpc) is 2.65. The predicted molar refractivity (Wildman–Crippen MR) is 126 cm³/mol. The van der Waals surface area contributed by atoms with Crippen molar-refractivity contribution >= 4 is 10.1 Å². The van der Waals surface area contributed by atoms with Crippen LogP contribution in [0.5, 0.6) is 0 Å². The van der Waals surface area contributed by atoms with Crippen LogP contribution in [-0.2, 0) is 16.5 Å². The third kappa shape index (κ3) is 17.6. The maximum Gasteiger partial charge on any atom is 0.261 e. The highest BCUT2D eigenvalue weighted by atomic mass is 32.2. The van der Waals surface area contributed by atoms with E-state index in [-0.39, 0.29) is 0 Å². The topological polar surface area (TPSA) is 54.4 Å². The van der Waals surface area contributed by atoms with Crippen molar-refractivity contribution in [3.8, 4) is 0 Å². The Bertz CT molecular complexity index is 569. The molecule has 5 heteroatoms. The number of nitrogens with zero attached hydrogens (tertiary/aromatic N) is 1. The van der Waals surface area contributed by atoms with E-state index in [2.05, 4.69) is 51.1 Å². The Labute approximate surface area is 181 Å². The number of rotatable bonds is 15. The molecule has 0 bridgehead atoms. The molecule has 0 amide bonds. The van der Waals surface area contributed by atoms with E-state index in [9.17, 15) is 8.42 Å². The summed E-state index contributed by atoms with van der Waals surface area (Å²) in [6.07, 6.45) is 14.3. The van der Waals surface area contributed by atoms with Crippen molar-refractivity contribution in [2.75, 3.05) is 32.4 Å². The molecule has 29 heavy (non-hydrogen) atoms. The lowest BCUT2D eigenvalue weighted by Crippen LogP contribution is -2.50. The molecule has 0 atom stereocenters. The Morgan fingerprint density at radius 2 is 1.17 bits per heavy atom. The van der Waals surface area contributed by atoms with Crippen molar-refractivity contribution < 1.29 is 17.5 Å². The van der Waals surface area contributed by atoms with Gasteiger partial charge in [0.25, 0.3) is 10.1 Å². The fourth-order valence-corrected chi connectivity index (χ4v) is 3.96. The lowest BCUT2D eigenvalue weighted by atomic mass is 10.1. The lowest BCUT2D eigenvalue weighted by molar-refractivity contribution is -0.929. The van der Waals surface area contributed by atoms with Crippen LogP contribution in [-0.4, -0.2) is 49.9 Å². The van der Waals surface area contributed by atoms with Gasteiger partial charge in [0.2, 0.25) is 0 Å². The predicted octanol–water partition coefficient (Wildman–Crippen LogP) is 6.12. The fraction of sp³-hybridized carbons (Fsp3) is 0.750. The zero-order valence-electron chi connectivity index (χ0n) is 19.4. The normalized spacial score (nSPS) is 11.8. The first-order valence-electron chi connectivity index (χ1n) is 11.6. The van der Waals surface area contributed by atoms with Crippen LogP contribution in [0.2, 0.25) is 0 Å². The minimum absolute atomic E-state index is 0.715. The number of aryl methyl sites for hydroxylation is 1. The first-order valence-corrected chi connectivity index (χ1v) is 13.4. The summed E-state index contributed by atoms with van der Waals surface area (Å²) < 4.78 is 27.3. The lowest BCUT2D eigenvalue weighted by Gasteiger charge is -2.39. The summed E-state index contributed by atoms with van der Waals surface area (Å²) in [6, 6.07) is 11.0. The Morgan fingerprint density at radius 1 is 0.724 bits per heavy atom. The standard InChI is InChI=1S/C23H42N.CH4O3S/c1-4-7-13-20-24(19-6-3,21-14-8-5-2)22-15-12-18-23-16-10-9-11-17-23;1-5(2,3)4/h9-11,16-17H,4-8,12-15,18-22H2,1-3H3;1H3,(H,2,3,4)/q+1;. The molecule has 1 aromatic rings. The molecule has 0 aliphatic rings. The molecule has 0 heterocycles. The first kappa shape index (κ1) is 28.1. The maximum atomic E-state index is 9.19. The second kappa shape index (κ2) is 16.8. The Morgan fingerprint density at radius 3 is 1.59 bits per heavy atom. The van der Waals surface area contributed by atoms with Gasteiger partial charge in [-0.05, 0) is 56.9 Å². The summed E-state index contributed by atoms with van der Waals surface area (Å²) in [5.41, 5.74) is 1.50. The van der Waals surface area contributed by atoms with Crippen LogP contribution in [0, 0.1) is 0 Å². The third-order valence-electron chi connectivity index (χ3n) is 5.36. The molecule has 1 N–H and O–H groups in total. The van der Waals surface area contributed by atoms with Gasteiger partial charge in [0.15, 0.2) is 0 Å². The summed E-state index contributed by atoms with van der Waals surface area (Å²) in [5.74, 6) is 0. The second-order valence-corrected chi connectivity index (χ2v) is 9.79. The molecule has 0 unspecified atom stereocenters. The fourth-order valence-electron chi connectivity index (χ4n) is 3.96. The van der Waals surface area contributed by atoms with E-state index in [1.165, 1.54) is 100 Å². The van der Waals surface area contributed by atoms with Crippen LogP contribution in [0.15, 0.2) is 30.3 Å². The molecule has 170 valence electrons. The smallest absolute Gasteiger partial charge is 0.261 e. The van der Waals surface area contributed by atoms with Gasteiger partial charge in [0.1, 0.15) is 0 Å². The molecule has 0 saturated heterocycles. The van der Waals surface area contributed by atoms with Crippen LogP contribution in [0.1, 0.15) is 84.1 Å². The number of hydrogen-bond acceptors (Lipinski definition) is 2. The molecular weight excluding hydrogens is 382 g/mol. The summed E-state index contributed by atoms with van der Waals surface area (Å²) >= 11 is 0. The van der Waals surface area contributed by atoms with E-state index in [4.69, 9.17) is 4.55 Å². The summed E-state index contributed by atoms with van der Waals surface area (Å²) in [4.78, 5) is 0. The van der Waals surface area contributed by atoms with Crippen molar-refractivity contribution in [3.63, 3.8) is 0 Å². The summed E-state index contributed by atoms with van der Waals surface area (Å²) in [6.45, 7) is 12.6. The van der Waals surface area contributed by atoms with E-state index in [0.29, 0.717) is 6.26 Å². The van der Waals surface area contributed by atoms with Crippen LogP contribution in [0.3, 0.4) is 0 Å². The van der Waals surface area contributed by atoms with Gasteiger partial charge in [-0.15, -0.1) is 0 Å². The number of unbranched alkanes of at least 4 members (excludes halogenated alkanes) is 5. The molecule has 0 spiro atoms. The van der Waals surface area contributed by atoms with Crippen molar-refractivity contribution in [2.45, 2.75) is 85.0 Å². The molecule has 0 aliphatic heterocycles. The van der Waals surface area contributed by atoms with Crippen molar-refractivity contribution in [1.29, 1.82) is 0 Å². The van der Waals surface area contributed by atoms with E-state index in [1.54, 1.807) is 0 Å². The van der Waals surface area contributed by atoms with Crippen LogP contribution in [0.4, 0.5) is 0 Å². The minimum Gasteiger partial charge on any atom is -0.324 e. The van der Waals surface area contributed by atoms with E-state index >= 15 is 0 Å². The van der Waals surface area contributed by atoms with Gasteiger partial charge in [0, 0.05) is 0 Å². The average molecular weight is 429 g/mol. The van der Waals surface area contributed by atoms with Crippen LogP contribution >= 0.6 is 0 Å². The van der Waals surface area contributed by atoms with Crippen LogP contribution in [0.25, 0.3) is 0 Å².